The molecule has 2 atom stereocenters. The lowest BCUT2D eigenvalue weighted by Crippen LogP contribution is -2.27. The zero-order valence-corrected chi connectivity index (χ0v) is 17.5. The molecule has 0 radical (unpaired) electrons. The summed E-state index contributed by atoms with van der Waals surface area (Å²) in [6.07, 6.45) is 2.36. The number of aromatic nitrogens is 3. The van der Waals surface area contributed by atoms with E-state index in [0.717, 1.165) is 33.5 Å². The number of carbonyl (C=O) groups is 1. The van der Waals surface area contributed by atoms with Crippen molar-refractivity contribution >= 4 is 16.8 Å². The number of hydrogen-bond donors (Lipinski definition) is 2. The van der Waals surface area contributed by atoms with Crippen molar-refractivity contribution in [1.82, 2.24) is 20.6 Å². The van der Waals surface area contributed by atoms with Gasteiger partial charge in [-0.1, -0.05) is 35.5 Å². The number of para-hydroxylation sites is 1. The molecule has 2 aromatic heterocycles. The minimum absolute atomic E-state index is 0.399. The van der Waals surface area contributed by atoms with Crippen LogP contribution >= 0.6 is 0 Å². The summed E-state index contributed by atoms with van der Waals surface area (Å²) in [4.78, 5) is 20.7. The molecule has 2 N–H and O–H groups in total. The number of pyridine rings is 1. The Bertz CT molecular complexity index is 1260. The number of hydroxylamine groups is 1. The fourth-order valence-corrected chi connectivity index (χ4v) is 4.38. The molecule has 1 aliphatic rings. The second-order valence-electron chi connectivity index (χ2n) is 8.19. The SMILES string of the molecule is Cc1cc(COc2ccc(C[C@]3(c4ncon4)C[C@@H]3C(=O)NO)cc2)c2ccccc2n1. The molecule has 5 rings (SSSR count). The summed E-state index contributed by atoms with van der Waals surface area (Å²) in [7, 11) is 0. The van der Waals surface area contributed by atoms with E-state index in [1.807, 2.05) is 55.5 Å². The molecule has 162 valence electrons. The highest BCUT2D eigenvalue weighted by atomic mass is 16.5. The van der Waals surface area contributed by atoms with Gasteiger partial charge in [-0.25, -0.2) is 5.48 Å². The van der Waals surface area contributed by atoms with E-state index in [0.29, 0.717) is 25.3 Å². The number of rotatable bonds is 7. The van der Waals surface area contributed by atoms with Gasteiger partial charge in [0.15, 0.2) is 5.82 Å². The normalized spacial score (nSPS) is 19.6. The molecule has 1 amide bonds. The van der Waals surface area contributed by atoms with Crippen LogP contribution in [0.1, 0.15) is 29.1 Å². The molecule has 8 nitrogen and oxygen atoms in total. The van der Waals surface area contributed by atoms with E-state index < -0.39 is 17.2 Å². The molecule has 2 heterocycles. The summed E-state index contributed by atoms with van der Waals surface area (Å²) >= 11 is 0. The summed E-state index contributed by atoms with van der Waals surface area (Å²) in [5, 5.41) is 14.1. The van der Waals surface area contributed by atoms with Crippen LogP contribution in [0.3, 0.4) is 0 Å². The van der Waals surface area contributed by atoms with Gasteiger partial charge in [-0.15, -0.1) is 0 Å². The van der Waals surface area contributed by atoms with Crippen molar-refractivity contribution in [2.24, 2.45) is 5.92 Å². The molecule has 4 aromatic rings. The van der Waals surface area contributed by atoms with Crippen LogP contribution in [0.5, 0.6) is 5.75 Å². The van der Waals surface area contributed by atoms with Crippen LogP contribution < -0.4 is 10.2 Å². The van der Waals surface area contributed by atoms with Gasteiger partial charge in [0.25, 0.3) is 0 Å². The molecule has 0 saturated heterocycles. The Morgan fingerprint density at radius 3 is 2.81 bits per heavy atom. The molecule has 2 aromatic carbocycles. The van der Waals surface area contributed by atoms with E-state index in [-0.39, 0.29) is 0 Å². The number of amides is 1. The number of ether oxygens (including phenoxy) is 1. The Kier molecular flexibility index (Phi) is 5.07. The molecule has 0 bridgehead atoms. The van der Waals surface area contributed by atoms with Crippen LogP contribution in [0.2, 0.25) is 0 Å². The first-order valence-electron chi connectivity index (χ1n) is 10.4. The number of nitrogens with zero attached hydrogens (tertiary/aromatic N) is 3. The summed E-state index contributed by atoms with van der Waals surface area (Å²) in [6, 6.07) is 17.9. The smallest absolute Gasteiger partial charge is 0.247 e. The quantitative estimate of drug-likeness (QED) is 0.341. The van der Waals surface area contributed by atoms with Crippen molar-refractivity contribution < 1.29 is 19.3 Å². The first kappa shape index (κ1) is 20.1. The number of fused-ring (bicyclic) bond motifs is 1. The van der Waals surface area contributed by atoms with Gasteiger partial charge in [-0.3, -0.25) is 15.0 Å². The summed E-state index contributed by atoms with van der Waals surface area (Å²) in [5.41, 5.74) is 5.18. The molecule has 1 saturated carbocycles. The van der Waals surface area contributed by atoms with Gasteiger partial charge >= 0.3 is 0 Å². The zero-order valence-electron chi connectivity index (χ0n) is 17.5. The van der Waals surface area contributed by atoms with Crippen molar-refractivity contribution in [1.29, 1.82) is 0 Å². The minimum Gasteiger partial charge on any atom is -0.489 e. The number of nitrogens with one attached hydrogen (secondary N) is 1. The molecule has 0 spiro atoms. The van der Waals surface area contributed by atoms with Crippen LogP contribution in [0.25, 0.3) is 10.9 Å². The minimum atomic E-state index is -0.574. The third-order valence-electron chi connectivity index (χ3n) is 6.08. The number of hydrogen-bond acceptors (Lipinski definition) is 7. The predicted octanol–water partition coefficient (Wildman–Crippen LogP) is 3.51. The average molecular weight is 430 g/mol. The Morgan fingerprint density at radius 1 is 1.25 bits per heavy atom. The molecule has 0 aliphatic heterocycles. The largest absolute Gasteiger partial charge is 0.489 e. The Labute approximate surface area is 184 Å². The van der Waals surface area contributed by atoms with Gasteiger partial charge in [0, 0.05) is 16.6 Å². The highest BCUT2D eigenvalue weighted by Crippen LogP contribution is 2.55. The maximum absolute atomic E-state index is 12.0. The molecule has 1 fully saturated rings. The lowest BCUT2D eigenvalue weighted by atomic mass is 9.92. The van der Waals surface area contributed by atoms with Crippen LogP contribution in [-0.4, -0.2) is 26.2 Å². The Balaban J connectivity index is 1.30. The molecule has 1 aliphatic carbocycles. The fourth-order valence-electron chi connectivity index (χ4n) is 4.38. The first-order valence-corrected chi connectivity index (χ1v) is 10.4. The molecular formula is C24H22N4O4. The number of carbonyl (C=O) groups excluding carboxylic acids is 1. The average Bonchev–Trinajstić information content (AvgIpc) is 3.26. The second kappa shape index (κ2) is 8.05. The third kappa shape index (κ3) is 3.69. The van der Waals surface area contributed by atoms with Gasteiger partial charge in [-0.05, 0) is 49.6 Å². The van der Waals surface area contributed by atoms with Crippen LogP contribution in [-0.2, 0) is 23.2 Å². The van der Waals surface area contributed by atoms with E-state index in [9.17, 15) is 4.79 Å². The predicted molar refractivity (Wildman–Crippen MR) is 115 cm³/mol. The first-order chi connectivity index (χ1) is 15.6. The van der Waals surface area contributed by atoms with Crippen LogP contribution in [0, 0.1) is 12.8 Å². The summed E-state index contributed by atoms with van der Waals surface area (Å²) in [5.74, 6) is 0.395. The lowest BCUT2D eigenvalue weighted by molar-refractivity contribution is -0.131. The topological polar surface area (TPSA) is 110 Å². The van der Waals surface area contributed by atoms with Crippen LogP contribution in [0.15, 0.2) is 65.5 Å². The molecule has 0 unspecified atom stereocenters. The number of benzene rings is 2. The third-order valence-corrected chi connectivity index (χ3v) is 6.08. The van der Waals surface area contributed by atoms with Crippen LogP contribution in [0.4, 0.5) is 0 Å². The van der Waals surface area contributed by atoms with Gasteiger partial charge < -0.3 is 9.26 Å². The van der Waals surface area contributed by atoms with E-state index in [4.69, 9.17) is 14.5 Å². The standard InChI is InChI=1S/C24H22N4O4/c1-15-10-17(19-4-2-3-5-21(19)26-15)13-31-18-8-6-16(7-9-18)11-24(23-25-14-32-28-23)12-20(24)22(29)27-30/h2-10,14,20,30H,11-13H2,1H3,(H,27,29)/t20-,24+/m1/s1. The molecular weight excluding hydrogens is 408 g/mol. The van der Waals surface area contributed by atoms with Gasteiger partial charge in [0.1, 0.15) is 12.4 Å². The summed E-state index contributed by atoms with van der Waals surface area (Å²) in [6.45, 7) is 2.42. The molecule has 8 heteroatoms. The summed E-state index contributed by atoms with van der Waals surface area (Å²) < 4.78 is 10.9. The van der Waals surface area contributed by atoms with E-state index in [2.05, 4.69) is 21.2 Å². The fraction of sp³-hybridized carbons (Fsp3) is 0.250. The highest BCUT2D eigenvalue weighted by Gasteiger charge is 2.61. The van der Waals surface area contributed by atoms with Crippen molar-refractivity contribution in [2.45, 2.75) is 31.8 Å². The Morgan fingerprint density at radius 2 is 2.06 bits per heavy atom. The highest BCUT2D eigenvalue weighted by molar-refractivity contribution is 5.83. The monoisotopic (exact) mass is 430 g/mol. The van der Waals surface area contributed by atoms with E-state index in [1.165, 1.54) is 6.39 Å². The van der Waals surface area contributed by atoms with E-state index >= 15 is 0 Å². The van der Waals surface area contributed by atoms with Gasteiger partial charge in [0.2, 0.25) is 12.3 Å². The van der Waals surface area contributed by atoms with Crippen molar-refractivity contribution in [3.05, 3.63) is 83.6 Å². The lowest BCUT2D eigenvalue weighted by Gasteiger charge is -2.14. The van der Waals surface area contributed by atoms with Crippen molar-refractivity contribution in [2.75, 3.05) is 0 Å². The maximum atomic E-state index is 12.0. The second-order valence-corrected chi connectivity index (χ2v) is 8.19. The van der Waals surface area contributed by atoms with Crippen molar-refractivity contribution in [3.63, 3.8) is 0 Å². The van der Waals surface area contributed by atoms with Gasteiger partial charge in [0.05, 0.1) is 16.8 Å². The maximum Gasteiger partial charge on any atom is 0.247 e. The van der Waals surface area contributed by atoms with Gasteiger partial charge in [-0.2, -0.15) is 4.98 Å². The zero-order chi connectivity index (χ0) is 22.1. The molecule has 32 heavy (non-hydrogen) atoms. The van der Waals surface area contributed by atoms with Crippen molar-refractivity contribution in [3.8, 4) is 5.75 Å². The number of aryl methyl sites for hydroxylation is 1. The Hall–Kier alpha value is -3.78. The van der Waals surface area contributed by atoms with E-state index in [1.54, 1.807) is 5.48 Å².